The van der Waals surface area contributed by atoms with Crippen LogP contribution in [0.2, 0.25) is 0 Å². The number of H-pyrrole nitrogens is 1. The molecule has 2 saturated heterocycles. The van der Waals surface area contributed by atoms with Crippen molar-refractivity contribution in [3.05, 3.63) is 82.5 Å². The van der Waals surface area contributed by atoms with Gasteiger partial charge in [-0.25, -0.2) is 14.2 Å². The van der Waals surface area contributed by atoms with E-state index in [1.54, 1.807) is 58.1 Å². The molecule has 2 aliphatic rings. The second kappa shape index (κ2) is 9.75. The Morgan fingerprint density at radius 2 is 1.95 bits per heavy atom. The number of aromatic nitrogens is 4. The molecule has 4 heterocycles. The Morgan fingerprint density at radius 1 is 1.16 bits per heavy atom. The number of carbonyl (C=O) groups is 1. The molecule has 0 unspecified atom stereocenters. The summed E-state index contributed by atoms with van der Waals surface area (Å²) in [5, 5.41) is 14.8. The van der Waals surface area contributed by atoms with E-state index in [1.165, 1.54) is 6.07 Å². The van der Waals surface area contributed by atoms with E-state index in [9.17, 15) is 14.0 Å². The Balaban J connectivity index is 1.30. The number of nitrogens with one attached hydrogen (secondary N) is 2. The van der Waals surface area contributed by atoms with Gasteiger partial charge < -0.3 is 20.7 Å². The highest BCUT2D eigenvalue weighted by Crippen LogP contribution is 2.33. The monoisotopic (exact) mass is 515 g/mol. The fourth-order valence-corrected chi connectivity index (χ4v) is 4.86. The molecule has 0 bridgehead atoms. The summed E-state index contributed by atoms with van der Waals surface area (Å²) in [5.41, 5.74) is 7.40. The maximum absolute atomic E-state index is 14.0. The number of hydrogen-bond acceptors (Lipinski definition) is 7. The van der Waals surface area contributed by atoms with Crippen LogP contribution in [0.5, 0.6) is 11.5 Å². The number of rotatable bonds is 6. The maximum atomic E-state index is 14.0. The van der Waals surface area contributed by atoms with Crippen molar-refractivity contribution >= 4 is 22.6 Å². The second-order valence-electron chi connectivity index (χ2n) is 9.46. The first kappa shape index (κ1) is 23.9. The van der Waals surface area contributed by atoms with Crippen molar-refractivity contribution < 1.29 is 13.9 Å². The third-order valence-corrected chi connectivity index (χ3v) is 7.03. The smallest absolute Gasteiger partial charge is 0.275 e. The molecule has 11 heteroatoms. The van der Waals surface area contributed by atoms with Crippen LogP contribution >= 0.6 is 0 Å². The molecular formula is C27H26FN7O3. The quantitative estimate of drug-likeness (QED) is 0.337. The molecule has 2 aromatic carbocycles. The van der Waals surface area contributed by atoms with Crippen molar-refractivity contribution in [1.29, 1.82) is 0 Å². The summed E-state index contributed by atoms with van der Waals surface area (Å²) in [6, 6.07) is 13.3. The molecule has 194 valence electrons. The van der Waals surface area contributed by atoms with Gasteiger partial charge >= 0.3 is 0 Å². The molecule has 4 aromatic rings. The zero-order chi connectivity index (χ0) is 26.2. The Morgan fingerprint density at radius 3 is 2.68 bits per heavy atom. The Kier molecular flexibility index (Phi) is 6.12. The standard InChI is InChI=1S/C27H26FN7O3/c28-20-3-1-2-4-21(20)38-19-8-6-18(7-9-19)35-25-23(27(37)32-31-26(25)29)24(33-35)16-12-14-34(15-16)22(36)10-5-17-11-13-30-17/h1-10,16-17,30H,11-15H2,(H2,29,31)(H,32,37)/b10-5+/t16-,17-/m0/s1. The third kappa shape index (κ3) is 4.41. The van der Waals surface area contributed by atoms with Gasteiger partial charge in [0.05, 0.1) is 16.8 Å². The number of amides is 1. The van der Waals surface area contributed by atoms with E-state index in [0.717, 1.165) is 13.0 Å². The number of nitrogens with two attached hydrogens (primary N) is 1. The lowest BCUT2D eigenvalue weighted by molar-refractivity contribution is -0.125. The number of fused-ring (bicyclic) bond motifs is 1. The topological polar surface area (TPSA) is 131 Å². The van der Waals surface area contributed by atoms with Crippen LogP contribution in [0.3, 0.4) is 0 Å². The van der Waals surface area contributed by atoms with Gasteiger partial charge in [0.25, 0.3) is 5.56 Å². The fourth-order valence-electron chi connectivity index (χ4n) is 4.86. The van der Waals surface area contributed by atoms with Gasteiger partial charge in [-0.15, -0.1) is 0 Å². The number of halogens is 1. The van der Waals surface area contributed by atoms with E-state index in [4.69, 9.17) is 15.6 Å². The highest BCUT2D eigenvalue weighted by Gasteiger charge is 2.32. The minimum Gasteiger partial charge on any atom is -0.454 e. The Bertz CT molecular complexity index is 1590. The summed E-state index contributed by atoms with van der Waals surface area (Å²) in [5.74, 6) is 0.0410. The summed E-state index contributed by atoms with van der Waals surface area (Å²) in [7, 11) is 0. The van der Waals surface area contributed by atoms with Crippen molar-refractivity contribution in [2.75, 3.05) is 25.4 Å². The first-order valence-electron chi connectivity index (χ1n) is 12.5. The summed E-state index contributed by atoms with van der Waals surface area (Å²) in [6.07, 6.45) is 5.23. The van der Waals surface area contributed by atoms with Gasteiger partial charge in [-0.3, -0.25) is 9.59 Å². The minimum absolute atomic E-state index is 0.0505. The fraction of sp³-hybridized carbons (Fsp3) is 0.259. The Labute approximate surface area is 216 Å². The normalized spacial score (nSPS) is 19.2. The summed E-state index contributed by atoms with van der Waals surface area (Å²) in [6.45, 7) is 1.99. The van der Waals surface area contributed by atoms with E-state index < -0.39 is 11.4 Å². The van der Waals surface area contributed by atoms with Crippen LogP contribution < -0.4 is 21.3 Å². The average Bonchev–Trinajstić information content (AvgIpc) is 3.53. The van der Waals surface area contributed by atoms with Crippen molar-refractivity contribution in [2.45, 2.75) is 24.8 Å². The number of benzene rings is 2. The van der Waals surface area contributed by atoms with E-state index in [1.807, 2.05) is 6.08 Å². The van der Waals surface area contributed by atoms with Crippen molar-refractivity contribution in [1.82, 2.24) is 30.2 Å². The van der Waals surface area contributed by atoms with Crippen LogP contribution in [0.4, 0.5) is 10.2 Å². The average molecular weight is 516 g/mol. The van der Waals surface area contributed by atoms with E-state index >= 15 is 0 Å². The third-order valence-electron chi connectivity index (χ3n) is 7.03. The van der Waals surface area contributed by atoms with E-state index in [-0.39, 0.29) is 29.4 Å². The van der Waals surface area contributed by atoms with Gasteiger partial charge in [0.15, 0.2) is 17.4 Å². The number of para-hydroxylation sites is 1. The zero-order valence-electron chi connectivity index (χ0n) is 20.4. The molecule has 6 rings (SSSR count). The second-order valence-corrected chi connectivity index (χ2v) is 9.46. The van der Waals surface area contributed by atoms with E-state index in [2.05, 4.69) is 15.5 Å². The number of carbonyl (C=O) groups excluding carboxylic acids is 1. The molecular weight excluding hydrogens is 489 g/mol. The molecule has 4 N–H and O–H groups in total. The molecule has 1 amide bonds. The number of likely N-dealkylation sites (tertiary alicyclic amines) is 1. The van der Waals surface area contributed by atoms with Gasteiger partial charge in [0.1, 0.15) is 11.3 Å². The molecule has 2 atom stereocenters. The molecule has 2 aromatic heterocycles. The van der Waals surface area contributed by atoms with Crippen LogP contribution in [-0.2, 0) is 4.79 Å². The summed E-state index contributed by atoms with van der Waals surface area (Å²) >= 11 is 0. The molecule has 10 nitrogen and oxygen atoms in total. The summed E-state index contributed by atoms with van der Waals surface area (Å²) in [4.78, 5) is 27.4. The van der Waals surface area contributed by atoms with Crippen LogP contribution in [-0.4, -0.2) is 56.5 Å². The lowest BCUT2D eigenvalue weighted by Gasteiger charge is -2.24. The largest absolute Gasteiger partial charge is 0.454 e. The number of ether oxygens (including phenoxy) is 1. The molecule has 2 fully saturated rings. The van der Waals surface area contributed by atoms with Crippen molar-refractivity contribution in [2.24, 2.45) is 0 Å². The van der Waals surface area contributed by atoms with Crippen molar-refractivity contribution in [3.8, 4) is 17.2 Å². The van der Waals surface area contributed by atoms with E-state index in [0.29, 0.717) is 47.5 Å². The van der Waals surface area contributed by atoms with Gasteiger partial charge in [-0.05, 0) is 55.8 Å². The van der Waals surface area contributed by atoms with Crippen LogP contribution in [0.25, 0.3) is 16.6 Å². The lowest BCUT2D eigenvalue weighted by atomic mass is 10.0. The van der Waals surface area contributed by atoms with Gasteiger partial charge in [-0.1, -0.05) is 18.2 Å². The van der Waals surface area contributed by atoms with Crippen molar-refractivity contribution in [3.63, 3.8) is 0 Å². The molecule has 2 aliphatic heterocycles. The predicted octanol–water partition coefficient (Wildman–Crippen LogP) is 2.86. The molecule has 0 saturated carbocycles. The zero-order valence-corrected chi connectivity index (χ0v) is 20.4. The number of hydrogen-bond donors (Lipinski definition) is 3. The highest BCUT2D eigenvalue weighted by molar-refractivity contribution is 5.91. The lowest BCUT2D eigenvalue weighted by Crippen LogP contribution is -2.41. The molecule has 38 heavy (non-hydrogen) atoms. The number of aromatic amines is 1. The van der Waals surface area contributed by atoms with Crippen LogP contribution in [0, 0.1) is 5.82 Å². The van der Waals surface area contributed by atoms with Gasteiger partial charge in [0, 0.05) is 31.1 Å². The number of nitrogens with zero attached hydrogens (tertiary/aromatic N) is 4. The SMILES string of the molecule is Nc1n[nH]c(=O)c2c([C@H]3CCN(C(=O)/C=C/[C@H]4CCN4)C3)nn(-c3ccc(Oc4ccccc4F)cc3)c12. The maximum Gasteiger partial charge on any atom is 0.275 e. The molecule has 0 radical (unpaired) electrons. The van der Waals surface area contributed by atoms with Crippen LogP contribution in [0.15, 0.2) is 65.5 Å². The van der Waals surface area contributed by atoms with Gasteiger partial charge in [-0.2, -0.15) is 10.2 Å². The molecule has 0 spiro atoms. The highest BCUT2D eigenvalue weighted by atomic mass is 19.1. The first-order valence-corrected chi connectivity index (χ1v) is 12.5. The molecule has 0 aliphatic carbocycles. The number of anilines is 1. The van der Waals surface area contributed by atoms with Gasteiger partial charge in [0.2, 0.25) is 5.91 Å². The minimum atomic E-state index is -0.461. The first-order chi connectivity index (χ1) is 18.5. The summed E-state index contributed by atoms with van der Waals surface area (Å²) < 4.78 is 21.2. The Hall–Kier alpha value is -4.51. The number of nitrogen functional groups attached to an aromatic ring is 1. The predicted molar refractivity (Wildman–Crippen MR) is 140 cm³/mol. The van der Waals surface area contributed by atoms with Crippen LogP contribution in [0.1, 0.15) is 24.5 Å².